The molecule has 0 bridgehead atoms. The lowest BCUT2D eigenvalue weighted by Crippen LogP contribution is -2.27. The summed E-state index contributed by atoms with van der Waals surface area (Å²) < 4.78 is 31.7. The highest BCUT2D eigenvalue weighted by Crippen LogP contribution is 2.26. The van der Waals surface area contributed by atoms with Crippen LogP contribution in [0.5, 0.6) is 5.75 Å². The normalized spacial score (nSPS) is 12.7. The lowest BCUT2D eigenvalue weighted by atomic mass is 10.1. The maximum atomic E-state index is 12.6. The van der Waals surface area contributed by atoms with E-state index in [1.165, 1.54) is 20.2 Å². The van der Waals surface area contributed by atoms with E-state index in [0.29, 0.717) is 11.1 Å². The number of ether oxygens (including phenoxy) is 1. The van der Waals surface area contributed by atoms with Crippen molar-refractivity contribution in [2.24, 2.45) is 0 Å². The maximum absolute atomic E-state index is 12.6. The maximum Gasteiger partial charge on any atom is 0.251 e. The number of hydrogen-bond donors (Lipinski definition) is 1. The van der Waals surface area contributed by atoms with Crippen LogP contribution in [0.4, 0.5) is 0 Å². The summed E-state index contributed by atoms with van der Waals surface area (Å²) in [7, 11) is -0.768. The van der Waals surface area contributed by atoms with Crippen molar-refractivity contribution in [3.63, 3.8) is 0 Å². The smallest absolute Gasteiger partial charge is 0.251 e. The third-order valence-electron chi connectivity index (χ3n) is 3.99. The molecule has 0 heterocycles. The minimum absolute atomic E-state index is 0.0499. The van der Waals surface area contributed by atoms with Crippen LogP contribution < -0.4 is 10.1 Å². The fourth-order valence-corrected chi connectivity index (χ4v) is 4.27. The van der Waals surface area contributed by atoms with Gasteiger partial charge in [0.1, 0.15) is 5.75 Å². The van der Waals surface area contributed by atoms with Gasteiger partial charge < -0.3 is 10.1 Å². The van der Waals surface area contributed by atoms with Gasteiger partial charge in [0.2, 0.25) is 10.0 Å². The molecule has 2 rings (SSSR count). The molecule has 0 saturated carbocycles. The van der Waals surface area contributed by atoms with E-state index in [-0.39, 0.29) is 22.4 Å². The molecule has 2 aromatic carbocycles. The van der Waals surface area contributed by atoms with Gasteiger partial charge >= 0.3 is 0 Å². The van der Waals surface area contributed by atoms with Crippen LogP contribution >= 0.6 is 15.9 Å². The highest BCUT2D eigenvalue weighted by atomic mass is 79.9. The second-order valence-electron chi connectivity index (χ2n) is 6.13. The van der Waals surface area contributed by atoms with Crippen molar-refractivity contribution in [3.05, 3.63) is 58.1 Å². The lowest BCUT2D eigenvalue weighted by molar-refractivity contribution is 0.0939. The standard InChI is InChI=1S/C19H23BrN2O4S/c1-5-26-16-9-6-14(7-10-16)13(2)21-19(23)15-8-11-17(20)18(12-15)27(24,25)22(3)4/h6-13H,5H2,1-4H3,(H,21,23). The first-order chi connectivity index (χ1) is 12.7. The minimum Gasteiger partial charge on any atom is -0.494 e. The van der Waals surface area contributed by atoms with Crippen molar-refractivity contribution in [3.8, 4) is 5.75 Å². The van der Waals surface area contributed by atoms with Gasteiger partial charge in [-0.15, -0.1) is 0 Å². The summed E-state index contributed by atoms with van der Waals surface area (Å²) in [4.78, 5) is 12.6. The Morgan fingerprint density at radius 1 is 1.19 bits per heavy atom. The zero-order valence-corrected chi connectivity index (χ0v) is 18.1. The predicted molar refractivity (Wildman–Crippen MR) is 109 cm³/mol. The van der Waals surface area contributed by atoms with Gasteiger partial charge in [0.05, 0.1) is 17.5 Å². The summed E-state index contributed by atoms with van der Waals surface area (Å²) >= 11 is 3.24. The van der Waals surface area contributed by atoms with E-state index in [9.17, 15) is 13.2 Å². The second kappa shape index (κ2) is 8.86. The number of benzene rings is 2. The quantitative estimate of drug-likeness (QED) is 0.693. The number of nitrogens with one attached hydrogen (secondary N) is 1. The Labute approximate surface area is 168 Å². The zero-order chi connectivity index (χ0) is 20.2. The molecule has 0 aromatic heterocycles. The van der Waals surface area contributed by atoms with Crippen molar-refractivity contribution < 1.29 is 17.9 Å². The van der Waals surface area contributed by atoms with E-state index in [2.05, 4.69) is 21.2 Å². The van der Waals surface area contributed by atoms with Crippen molar-refractivity contribution in [2.45, 2.75) is 24.8 Å². The average molecular weight is 455 g/mol. The number of sulfonamides is 1. The van der Waals surface area contributed by atoms with Crippen LogP contribution in [0.2, 0.25) is 0 Å². The molecule has 8 heteroatoms. The summed E-state index contributed by atoms with van der Waals surface area (Å²) in [6.07, 6.45) is 0. The fraction of sp³-hybridized carbons (Fsp3) is 0.316. The molecule has 0 aliphatic rings. The van der Waals surface area contributed by atoms with Crippen molar-refractivity contribution >= 4 is 31.9 Å². The van der Waals surface area contributed by atoms with Crippen LogP contribution in [0, 0.1) is 0 Å². The number of amides is 1. The van der Waals surface area contributed by atoms with Crippen LogP contribution in [0.25, 0.3) is 0 Å². The largest absolute Gasteiger partial charge is 0.494 e. The average Bonchev–Trinajstić information content (AvgIpc) is 2.62. The summed E-state index contributed by atoms with van der Waals surface area (Å²) in [5.41, 5.74) is 1.20. The molecule has 146 valence electrons. The second-order valence-corrected chi connectivity index (χ2v) is 9.10. The van der Waals surface area contributed by atoms with Gasteiger partial charge in [-0.3, -0.25) is 4.79 Å². The molecule has 0 fully saturated rings. The van der Waals surface area contributed by atoms with Gasteiger partial charge in [-0.25, -0.2) is 12.7 Å². The molecular formula is C19H23BrN2O4S. The minimum atomic E-state index is -3.66. The Morgan fingerprint density at radius 2 is 1.81 bits per heavy atom. The van der Waals surface area contributed by atoms with Gasteiger partial charge in [0.25, 0.3) is 5.91 Å². The number of halogens is 1. The van der Waals surface area contributed by atoms with Gasteiger partial charge in [-0.2, -0.15) is 0 Å². The molecule has 0 spiro atoms. The topological polar surface area (TPSA) is 75.7 Å². The van der Waals surface area contributed by atoms with E-state index in [1.807, 2.05) is 38.1 Å². The zero-order valence-electron chi connectivity index (χ0n) is 15.7. The number of carbonyl (C=O) groups excluding carboxylic acids is 1. The summed E-state index contributed by atoms with van der Waals surface area (Å²) in [5, 5.41) is 2.89. The first-order valence-electron chi connectivity index (χ1n) is 8.42. The Balaban J connectivity index is 2.20. The van der Waals surface area contributed by atoms with Crippen molar-refractivity contribution in [1.29, 1.82) is 0 Å². The molecule has 1 N–H and O–H groups in total. The van der Waals surface area contributed by atoms with Crippen LogP contribution in [0.15, 0.2) is 51.8 Å². The third kappa shape index (κ3) is 5.09. The van der Waals surface area contributed by atoms with E-state index >= 15 is 0 Å². The molecule has 0 radical (unpaired) electrons. The Hall–Kier alpha value is -1.90. The van der Waals surface area contributed by atoms with E-state index in [0.717, 1.165) is 15.6 Å². The molecule has 6 nitrogen and oxygen atoms in total. The third-order valence-corrected chi connectivity index (χ3v) is 6.80. The van der Waals surface area contributed by atoms with Gasteiger partial charge in [0, 0.05) is 24.1 Å². The predicted octanol–water partition coefficient (Wildman–Crippen LogP) is 3.59. The van der Waals surface area contributed by atoms with Gasteiger partial charge in [0.15, 0.2) is 0 Å². The van der Waals surface area contributed by atoms with E-state index in [4.69, 9.17) is 4.74 Å². The van der Waals surface area contributed by atoms with Gasteiger partial charge in [-0.1, -0.05) is 12.1 Å². The Morgan fingerprint density at radius 3 is 2.37 bits per heavy atom. The Kier molecular flexibility index (Phi) is 7.02. The fourth-order valence-electron chi connectivity index (χ4n) is 2.42. The van der Waals surface area contributed by atoms with Crippen LogP contribution in [-0.2, 0) is 10.0 Å². The molecule has 1 unspecified atom stereocenters. The molecule has 0 aliphatic heterocycles. The first-order valence-corrected chi connectivity index (χ1v) is 10.7. The summed E-state index contributed by atoms with van der Waals surface area (Å²) in [5.74, 6) is 0.422. The molecule has 27 heavy (non-hydrogen) atoms. The first kappa shape index (κ1) is 21.4. The molecule has 2 aromatic rings. The lowest BCUT2D eigenvalue weighted by Gasteiger charge is -2.17. The molecule has 0 aliphatic carbocycles. The monoisotopic (exact) mass is 454 g/mol. The SMILES string of the molecule is CCOc1ccc(C(C)NC(=O)c2ccc(Br)c(S(=O)(=O)N(C)C)c2)cc1. The van der Waals surface area contributed by atoms with Crippen LogP contribution in [-0.4, -0.2) is 39.3 Å². The molecular weight excluding hydrogens is 432 g/mol. The van der Waals surface area contributed by atoms with Crippen LogP contribution in [0.3, 0.4) is 0 Å². The van der Waals surface area contributed by atoms with Crippen LogP contribution in [0.1, 0.15) is 35.8 Å². The highest BCUT2D eigenvalue weighted by Gasteiger charge is 2.22. The number of carbonyl (C=O) groups is 1. The molecule has 1 atom stereocenters. The van der Waals surface area contributed by atoms with Crippen molar-refractivity contribution in [1.82, 2.24) is 9.62 Å². The highest BCUT2D eigenvalue weighted by molar-refractivity contribution is 9.10. The number of rotatable bonds is 7. The summed E-state index contributed by atoms with van der Waals surface area (Å²) in [6.45, 7) is 4.37. The summed E-state index contributed by atoms with van der Waals surface area (Å²) in [6, 6.07) is 11.8. The van der Waals surface area contributed by atoms with E-state index in [1.54, 1.807) is 12.1 Å². The van der Waals surface area contributed by atoms with Gasteiger partial charge in [-0.05, 0) is 65.7 Å². The number of hydrogen-bond acceptors (Lipinski definition) is 4. The van der Waals surface area contributed by atoms with E-state index < -0.39 is 10.0 Å². The molecule has 1 amide bonds. The molecule has 0 saturated heterocycles. The number of nitrogens with zero attached hydrogens (tertiary/aromatic N) is 1. The van der Waals surface area contributed by atoms with Crippen molar-refractivity contribution in [2.75, 3.05) is 20.7 Å². The Bertz CT molecular complexity index is 912.